The van der Waals surface area contributed by atoms with Crippen LogP contribution in [0.4, 0.5) is 0 Å². The quantitative estimate of drug-likeness (QED) is 0.607. The number of ether oxygens (including phenoxy) is 2. The van der Waals surface area contributed by atoms with Gasteiger partial charge in [0, 0.05) is 0 Å². The molecule has 0 spiro atoms. The van der Waals surface area contributed by atoms with E-state index in [0.29, 0.717) is 17.9 Å². The van der Waals surface area contributed by atoms with Crippen molar-refractivity contribution in [3.63, 3.8) is 0 Å². The molecule has 0 unspecified atom stereocenters. The molecule has 0 atom stereocenters. The Morgan fingerprint density at radius 1 is 0.793 bits per heavy atom. The number of amides is 2. The molecular weight excluding hydrogens is 368 g/mol. The van der Waals surface area contributed by atoms with Crippen LogP contribution >= 0.6 is 0 Å². The van der Waals surface area contributed by atoms with Gasteiger partial charge in [-0.2, -0.15) is 0 Å². The van der Waals surface area contributed by atoms with Crippen molar-refractivity contribution < 1.29 is 19.1 Å². The third-order valence-corrected chi connectivity index (χ3v) is 4.21. The first-order chi connectivity index (χ1) is 14.2. The summed E-state index contributed by atoms with van der Waals surface area (Å²) in [7, 11) is 1.58. The molecular formula is C23H22N2O4. The molecule has 0 saturated heterocycles. The van der Waals surface area contributed by atoms with E-state index in [4.69, 9.17) is 9.47 Å². The fourth-order valence-electron chi connectivity index (χ4n) is 2.68. The Morgan fingerprint density at radius 3 is 2.21 bits per heavy atom. The molecule has 29 heavy (non-hydrogen) atoms. The zero-order valence-electron chi connectivity index (χ0n) is 16.1. The number of hydrazine groups is 1. The molecule has 3 rings (SSSR count). The number of benzene rings is 3. The molecule has 0 aliphatic rings. The Labute approximate surface area is 169 Å². The number of methoxy groups -OCH3 is 1. The minimum absolute atomic E-state index is 0.135. The molecule has 148 valence electrons. The van der Waals surface area contributed by atoms with E-state index in [0.717, 1.165) is 16.9 Å². The molecule has 0 fully saturated rings. The maximum Gasteiger partial charge on any atom is 0.273 e. The van der Waals surface area contributed by atoms with Crippen LogP contribution in [0.3, 0.4) is 0 Å². The Morgan fingerprint density at radius 2 is 1.48 bits per heavy atom. The van der Waals surface area contributed by atoms with Gasteiger partial charge < -0.3 is 9.47 Å². The monoisotopic (exact) mass is 390 g/mol. The zero-order chi connectivity index (χ0) is 20.5. The lowest BCUT2D eigenvalue weighted by atomic mass is 10.1. The molecule has 0 aliphatic carbocycles. The van der Waals surface area contributed by atoms with Gasteiger partial charge in [-0.05, 0) is 35.4 Å². The maximum atomic E-state index is 12.5. The van der Waals surface area contributed by atoms with E-state index in [2.05, 4.69) is 10.9 Å². The van der Waals surface area contributed by atoms with Crippen molar-refractivity contribution in [1.29, 1.82) is 0 Å². The highest BCUT2D eigenvalue weighted by Crippen LogP contribution is 2.19. The van der Waals surface area contributed by atoms with Gasteiger partial charge in [0.1, 0.15) is 18.1 Å². The van der Waals surface area contributed by atoms with E-state index in [1.807, 2.05) is 30.3 Å². The molecule has 2 amide bonds. The van der Waals surface area contributed by atoms with Crippen molar-refractivity contribution in [1.82, 2.24) is 10.9 Å². The summed E-state index contributed by atoms with van der Waals surface area (Å²) in [6.07, 6.45) is 0.135. The summed E-state index contributed by atoms with van der Waals surface area (Å²) in [5.74, 6) is 0.385. The lowest BCUT2D eigenvalue weighted by molar-refractivity contribution is -0.121. The second-order valence-corrected chi connectivity index (χ2v) is 6.30. The van der Waals surface area contributed by atoms with Gasteiger partial charge in [0.05, 0.1) is 19.1 Å². The minimum Gasteiger partial charge on any atom is -0.497 e. The molecule has 0 heterocycles. The number of carbonyl (C=O) groups excluding carboxylic acids is 2. The molecule has 3 aromatic carbocycles. The highest BCUT2D eigenvalue weighted by molar-refractivity contribution is 5.97. The van der Waals surface area contributed by atoms with E-state index in [1.165, 1.54) is 0 Å². The molecule has 0 radical (unpaired) electrons. The van der Waals surface area contributed by atoms with Crippen LogP contribution < -0.4 is 20.3 Å². The van der Waals surface area contributed by atoms with Crippen molar-refractivity contribution in [2.24, 2.45) is 0 Å². The highest BCUT2D eigenvalue weighted by Gasteiger charge is 2.13. The Kier molecular flexibility index (Phi) is 6.84. The first-order valence-corrected chi connectivity index (χ1v) is 9.13. The van der Waals surface area contributed by atoms with Crippen molar-refractivity contribution in [3.05, 3.63) is 95.6 Å². The largest absolute Gasteiger partial charge is 0.497 e. The van der Waals surface area contributed by atoms with E-state index in [-0.39, 0.29) is 12.3 Å². The fraction of sp³-hybridized carbons (Fsp3) is 0.130. The van der Waals surface area contributed by atoms with Gasteiger partial charge in [-0.3, -0.25) is 20.4 Å². The van der Waals surface area contributed by atoms with Gasteiger partial charge in [-0.25, -0.2) is 0 Å². The Balaban J connectivity index is 1.55. The molecule has 6 heteroatoms. The number of hydrogen-bond acceptors (Lipinski definition) is 4. The zero-order valence-corrected chi connectivity index (χ0v) is 16.1. The average Bonchev–Trinajstić information content (AvgIpc) is 2.77. The summed E-state index contributed by atoms with van der Waals surface area (Å²) in [6, 6.07) is 23.7. The lowest BCUT2D eigenvalue weighted by Crippen LogP contribution is -2.42. The average molecular weight is 390 g/mol. The van der Waals surface area contributed by atoms with Gasteiger partial charge in [0.2, 0.25) is 5.91 Å². The number of nitrogens with one attached hydrogen (secondary N) is 2. The second-order valence-electron chi connectivity index (χ2n) is 6.30. The van der Waals surface area contributed by atoms with E-state index in [9.17, 15) is 9.59 Å². The summed E-state index contributed by atoms with van der Waals surface area (Å²) >= 11 is 0. The van der Waals surface area contributed by atoms with E-state index in [1.54, 1.807) is 55.6 Å². The summed E-state index contributed by atoms with van der Waals surface area (Å²) in [4.78, 5) is 24.6. The molecule has 0 bridgehead atoms. The van der Waals surface area contributed by atoms with Crippen molar-refractivity contribution in [3.8, 4) is 11.5 Å². The Bertz CT molecular complexity index is 956. The minimum atomic E-state index is -0.447. The molecule has 0 aliphatic heterocycles. The third kappa shape index (κ3) is 5.84. The lowest BCUT2D eigenvalue weighted by Gasteiger charge is -2.12. The predicted octanol–water partition coefficient (Wildman–Crippen LogP) is 3.28. The maximum absolute atomic E-state index is 12.5. The third-order valence-electron chi connectivity index (χ3n) is 4.21. The highest BCUT2D eigenvalue weighted by atomic mass is 16.5. The van der Waals surface area contributed by atoms with Gasteiger partial charge in [-0.1, -0.05) is 54.6 Å². The first-order valence-electron chi connectivity index (χ1n) is 9.13. The smallest absolute Gasteiger partial charge is 0.273 e. The van der Waals surface area contributed by atoms with Gasteiger partial charge in [0.25, 0.3) is 5.91 Å². The summed E-state index contributed by atoms with van der Waals surface area (Å²) in [5.41, 5.74) is 7.02. The van der Waals surface area contributed by atoms with Crippen LogP contribution in [0.15, 0.2) is 78.9 Å². The fourth-order valence-corrected chi connectivity index (χ4v) is 2.68. The predicted molar refractivity (Wildman–Crippen MR) is 110 cm³/mol. The number of carbonyl (C=O) groups is 2. The SMILES string of the molecule is COc1ccc(CC(=O)NNC(=O)c2ccccc2OCc2ccccc2)cc1. The molecule has 3 aromatic rings. The van der Waals surface area contributed by atoms with Crippen LogP contribution in [0.25, 0.3) is 0 Å². The molecule has 2 N–H and O–H groups in total. The van der Waals surface area contributed by atoms with Crippen LogP contribution in [0.2, 0.25) is 0 Å². The topological polar surface area (TPSA) is 76.7 Å². The number of rotatable bonds is 7. The number of para-hydroxylation sites is 1. The van der Waals surface area contributed by atoms with Gasteiger partial charge >= 0.3 is 0 Å². The van der Waals surface area contributed by atoms with Crippen molar-refractivity contribution >= 4 is 11.8 Å². The van der Waals surface area contributed by atoms with Crippen molar-refractivity contribution in [2.45, 2.75) is 13.0 Å². The molecule has 0 aromatic heterocycles. The second kappa shape index (κ2) is 9.94. The molecule has 6 nitrogen and oxygen atoms in total. The standard InChI is InChI=1S/C23H22N2O4/c1-28-19-13-11-17(12-14-19)15-22(26)24-25-23(27)20-9-5-6-10-21(20)29-16-18-7-3-2-4-8-18/h2-14H,15-16H2,1H3,(H,24,26)(H,25,27). The molecule has 0 saturated carbocycles. The summed E-state index contributed by atoms with van der Waals surface area (Å²) in [5, 5.41) is 0. The van der Waals surface area contributed by atoms with Gasteiger partial charge in [-0.15, -0.1) is 0 Å². The van der Waals surface area contributed by atoms with Crippen LogP contribution in [-0.2, 0) is 17.8 Å². The summed E-state index contributed by atoms with van der Waals surface area (Å²) < 4.78 is 10.9. The van der Waals surface area contributed by atoms with Crippen molar-refractivity contribution in [2.75, 3.05) is 7.11 Å². The first kappa shape index (κ1) is 19.9. The van der Waals surface area contributed by atoms with Gasteiger partial charge in [0.15, 0.2) is 0 Å². The summed E-state index contributed by atoms with van der Waals surface area (Å²) in [6.45, 7) is 0.342. The van der Waals surface area contributed by atoms with E-state index < -0.39 is 5.91 Å². The van der Waals surface area contributed by atoms with E-state index >= 15 is 0 Å². The number of hydrogen-bond donors (Lipinski definition) is 2. The van der Waals surface area contributed by atoms with Crippen LogP contribution in [0, 0.1) is 0 Å². The Hall–Kier alpha value is -3.80. The normalized spacial score (nSPS) is 10.1. The van der Waals surface area contributed by atoms with Crippen LogP contribution in [-0.4, -0.2) is 18.9 Å². The van der Waals surface area contributed by atoms with Crippen LogP contribution in [0.5, 0.6) is 11.5 Å². The van der Waals surface area contributed by atoms with Crippen LogP contribution in [0.1, 0.15) is 21.5 Å².